The van der Waals surface area contributed by atoms with E-state index in [1.807, 2.05) is 6.07 Å². The minimum absolute atomic E-state index is 0.0188. The molecule has 0 aliphatic rings. The predicted octanol–water partition coefficient (Wildman–Crippen LogP) is 4.34. The van der Waals surface area contributed by atoms with Crippen molar-refractivity contribution in [2.24, 2.45) is 0 Å². The summed E-state index contributed by atoms with van der Waals surface area (Å²) < 4.78 is 35.6. The maximum Gasteiger partial charge on any atom is 0.338 e. The summed E-state index contributed by atoms with van der Waals surface area (Å²) in [5.41, 5.74) is 1.50. The molecule has 4 aromatic rings. The first-order valence-corrected chi connectivity index (χ1v) is 13.0. The first kappa shape index (κ1) is 24.6. The van der Waals surface area contributed by atoms with Crippen LogP contribution in [-0.2, 0) is 21.4 Å². The molecule has 180 valence electrons. The molecule has 0 radical (unpaired) electrons. The summed E-state index contributed by atoms with van der Waals surface area (Å²) in [5.74, 6) is -0.720. The van der Waals surface area contributed by atoms with E-state index in [2.05, 4.69) is 20.9 Å². The third-order valence-electron chi connectivity index (χ3n) is 5.35. The lowest BCUT2D eigenvalue weighted by Crippen LogP contribution is -2.31. The van der Waals surface area contributed by atoms with Crippen LogP contribution in [0, 0.1) is 6.92 Å². The number of benzene rings is 2. The zero-order chi connectivity index (χ0) is 25.2. The number of anilines is 1. The summed E-state index contributed by atoms with van der Waals surface area (Å²) in [6.45, 7) is 3.41. The van der Waals surface area contributed by atoms with Crippen molar-refractivity contribution >= 4 is 43.3 Å². The second kappa shape index (κ2) is 10.0. The van der Waals surface area contributed by atoms with Crippen molar-refractivity contribution < 1.29 is 17.9 Å². The molecule has 10 heteroatoms. The zero-order valence-electron chi connectivity index (χ0n) is 19.0. The quantitative estimate of drug-likeness (QED) is 0.314. The van der Waals surface area contributed by atoms with Gasteiger partial charge in [0, 0.05) is 23.3 Å². The molecule has 0 amide bonds. The van der Waals surface area contributed by atoms with Gasteiger partial charge in [0.25, 0.3) is 15.6 Å². The molecule has 0 spiro atoms. The van der Waals surface area contributed by atoms with Crippen LogP contribution in [0.2, 0.25) is 0 Å². The van der Waals surface area contributed by atoms with Gasteiger partial charge in [-0.05, 0) is 71.7 Å². The van der Waals surface area contributed by atoms with E-state index in [-0.39, 0.29) is 34.9 Å². The molecular formula is C25H22BrN3O5S. The fraction of sp³-hybridized carbons (Fsp3) is 0.160. The van der Waals surface area contributed by atoms with Crippen LogP contribution in [0.15, 0.2) is 87.1 Å². The number of esters is 1. The topological polar surface area (TPSA) is 98.0 Å². The van der Waals surface area contributed by atoms with Gasteiger partial charge in [-0.3, -0.25) is 13.5 Å². The average molecular weight is 556 g/mol. The molecule has 0 bridgehead atoms. The molecule has 0 saturated carbocycles. The highest BCUT2D eigenvalue weighted by Gasteiger charge is 2.26. The standard InChI is InChI=1S/C25H22BrN3O5S/c1-3-29(21-7-5-4-6-8-21)35(32,33)22-13-18(10-9-17(22)2)25(31)34-16-20-14-24(30)28-15-19(26)11-12-23(28)27-20/h4-15H,3,16H2,1-2H3. The highest BCUT2D eigenvalue weighted by molar-refractivity contribution is 9.10. The van der Waals surface area contributed by atoms with E-state index in [0.717, 1.165) is 4.47 Å². The van der Waals surface area contributed by atoms with Crippen LogP contribution in [-0.4, -0.2) is 30.3 Å². The molecule has 2 heterocycles. The van der Waals surface area contributed by atoms with Crippen molar-refractivity contribution in [2.75, 3.05) is 10.8 Å². The lowest BCUT2D eigenvalue weighted by Gasteiger charge is -2.24. The number of nitrogens with zero attached hydrogens (tertiary/aromatic N) is 3. The van der Waals surface area contributed by atoms with Gasteiger partial charge in [-0.2, -0.15) is 0 Å². The van der Waals surface area contributed by atoms with Crippen LogP contribution in [0.5, 0.6) is 0 Å². The summed E-state index contributed by atoms with van der Waals surface area (Å²) in [7, 11) is -3.93. The van der Waals surface area contributed by atoms with Gasteiger partial charge in [-0.15, -0.1) is 0 Å². The molecule has 8 nitrogen and oxygen atoms in total. The summed E-state index contributed by atoms with van der Waals surface area (Å²) in [5, 5.41) is 0. The van der Waals surface area contributed by atoms with Crippen molar-refractivity contribution in [2.45, 2.75) is 25.3 Å². The van der Waals surface area contributed by atoms with Crippen LogP contribution in [0.1, 0.15) is 28.5 Å². The summed E-state index contributed by atoms with van der Waals surface area (Å²) in [4.78, 5) is 29.5. The first-order valence-electron chi connectivity index (χ1n) is 10.7. The Hall–Kier alpha value is -3.50. The lowest BCUT2D eigenvalue weighted by atomic mass is 10.1. The Bertz CT molecular complexity index is 1570. The normalized spacial score (nSPS) is 11.4. The fourth-order valence-electron chi connectivity index (χ4n) is 3.63. The number of hydrogen-bond acceptors (Lipinski definition) is 6. The Kier molecular flexibility index (Phi) is 7.04. The summed E-state index contributed by atoms with van der Waals surface area (Å²) in [6.07, 6.45) is 1.60. The molecule has 35 heavy (non-hydrogen) atoms. The van der Waals surface area contributed by atoms with E-state index in [4.69, 9.17) is 4.74 Å². The van der Waals surface area contributed by atoms with Gasteiger partial charge in [-0.1, -0.05) is 24.3 Å². The zero-order valence-corrected chi connectivity index (χ0v) is 21.4. The Morgan fingerprint density at radius 3 is 2.54 bits per heavy atom. The number of fused-ring (bicyclic) bond motifs is 1. The van der Waals surface area contributed by atoms with Gasteiger partial charge in [0.15, 0.2) is 0 Å². The molecule has 0 atom stereocenters. The van der Waals surface area contributed by atoms with Crippen LogP contribution >= 0.6 is 15.9 Å². The molecule has 0 fully saturated rings. The largest absolute Gasteiger partial charge is 0.456 e. The fourth-order valence-corrected chi connectivity index (χ4v) is 5.70. The number of aryl methyl sites for hydroxylation is 1. The van der Waals surface area contributed by atoms with Crippen molar-refractivity contribution in [1.29, 1.82) is 0 Å². The number of hydrogen-bond donors (Lipinski definition) is 0. The first-order chi connectivity index (χ1) is 16.7. The highest BCUT2D eigenvalue weighted by Crippen LogP contribution is 2.26. The molecule has 4 rings (SSSR count). The van der Waals surface area contributed by atoms with Crippen molar-refractivity contribution in [3.05, 3.63) is 105 Å². The Morgan fingerprint density at radius 2 is 1.83 bits per heavy atom. The van der Waals surface area contributed by atoms with Gasteiger partial charge in [0.2, 0.25) is 0 Å². The molecule has 0 aliphatic carbocycles. The van der Waals surface area contributed by atoms with E-state index in [0.29, 0.717) is 16.9 Å². The van der Waals surface area contributed by atoms with Gasteiger partial charge in [0.1, 0.15) is 12.3 Å². The number of rotatable bonds is 7. The maximum absolute atomic E-state index is 13.4. The number of sulfonamides is 1. The van der Waals surface area contributed by atoms with E-state index in [9.17, 15) is 18.0 Å². The number of carbonyl (C=O) groups excluding carboxylic acids is 1. The SMILES string of the molecule is CCN(c1ccccc1)S(=O)(=O)c1cc(C(=O)OCc2cc(=O)n3cc(Br)ccc3n2)ccc1C. The summed E-state index contributed by atoms with van der Waals surface area (Å²) >= 11 is 3.31. The number of aromatic nitrogens is 2. The van der Waals surface area contributed by atoms with E-state index >= 15 is 0 Å². The monoisotopic (exact) mass is 555 g/mol. The number of ether oxygens (including phenoxy) is 1. The maximum atomic E-state index is 13.4. The summed E-state index contributed by atoms with van der Waals surface area (Å²) in [6, 6.07) is 17.9. The van der Waals surface area contributed by atoms with Gasteiger partial charge < -0.3 is 4.74 Å². The Labute approximate surface area is 211 Å². The number of halogens is 1. The van der Waals surface area contributed by atoms with Gasteiger partial charge in [0.05, 0.1) is 21.8 Å². The Morgan fingerprint density at radius 1 is 1.09 bits per heavy atom. The van der Waals surface area contributed by atoms with Crippen LogP contribution in [0.25, 0.3) is 5.65 Å². The smallest absolute Gasteiger partial charge is 0.338 e. The minimum Gasteiger partial charge on any atom is -0.456 e. The van der Waals surface area contributed by atoms with Crippen LogP contribution < -0.4 is 9.86 Å². The molecule has 0 unspecified atom stereocenters. The van der Waals surface area contributed by atoms with E-state index in [1.165, 1.54) is 26.9 Å². The van der Waals surface area contributed by atoms with Gasteiger partial charge in [-0.25, -0.2) is 18.2 Å². The minimum atomic E-state index is -3.93. The molecule has 2 aromatic carbocycles. The third kappa shape index (κ3) is 5.13. The predicted molar refractivity (Wildman–Crippen MR) is 136 cm³/mol. The third-order valence-corrected chi connectivity index (χ3v) is 7.86. The number of carbonyl (C=O) groups is 1. The van der Waals surface area contributed by atoms with Crippen LogP contribution in [0.4, 0.5) is 5.69 Å². The van der Waals surface area contributed by atoms with E-state index < -0.39 is 16.0 Å². The van der Waals surface area contributed by atoms with Crippen molar-refractivity contribution in [1.82, 2.24) is 9.38 Å². The second-order valence-corrected chi connectivity index (χ2v) is 10.5. The number of pyridine rings is 1. The second-order valence-electron chi connectivity index (χ2n) is 7.72. The van der Waals surface area contributed by atoms with Crippen molar-refractivity contribution in [3.8, 4) is 0 Å². The number of para-hydroxylation sites is 1. The molecular weight excluding hydrogens is 534 g/mol. The van der Waals surface area contributed by atoms with Crippen LogP contribution in [0.3, 0.4) is 0 Å². The lowest BCUT2D eigenvalue weighted by molar-refractivity contribution is 0.0467. The molecule has 0 N–H and O–H groups in total. The van der Waals surface area contributed by atoms with Crippen molar-refractivity contribution in [3.63, 3.8) is 0 Å². The van der Waals surface area contributed by atoms with Gasteiger partial charge >= 0.3 is 5.97 Å². The molecule has 0 saturated heterocycles. The average Bonchev–Trinajstić information content (AvgIpc) is 2.84. The molecule has 2 aromatic heterocycles. The highest BCUT2D eigenvalue weighted by atomic mass is 79.9. The van der Waals surface area contributed by atoms with E-state index in [1.54, 1.807) is 62.5 Å². The molecule has 0 aliphatic heterocycles. The Balaban J connectivity index is 1.59.